The first kappa shape index (κ1) is 13.4. The van der Waals surface area contributed by atoms with Crippen molar-refractivity contribution >= 4 is 11.6 Å². The number of aryl methyl sites for hydroxylation is 1. The van der Waals surface area contributed by atoms with Gasteiger partial charge in [-0.15, -0.1) is 0 Å². The fourth-order valence-corrected chi connectivity index (χ4v) is 2.59. The van der Waals surface area contributed by atoms with Crippen molar-refractivity contribution in [2.24, 2.45) is 0 Å². The number of benzene rings is 1. The first-order valence-corrected chi connectivity index (χ1v) is 6.92. The van der Waals surface area contributed by atoms with E-state index in [4.69, 9.17) is 16.3 Å². The monoisotopic (exact) mass is 265 g/mol. The summed E-state index contributed by atoms with van der Waals surface area (Å²) < 4.78 is 5.78. The third-order valence-corrected chi connectivity index (χ3v) is 3.27. The van der Waals surface area contributed by atoms with Gasteiger partial charge < -0.3 is 10.1 Å². The molecule has 0 bridgehead atoms. The Morgan fingerprint density at radius 1 is 1.39 bits per heavy atom. The van der Waals surface area contributed by atoms with Crippen molar-refractivity contribution in [3.63, 3.8) is 0 Å². The Balaban J connectivity index is 2.31. The zero-order chi connectivity index (χ0) is 13.0. The largest absolute Gasteiger partial charge is 0.496 e. The smallest absolute Gasteiger partial charge is 0.113 e. The molecule has 0 saturated heterocycles. The number of likely N-dealkylation sites (N-methyl/N-ethyl adjacent to an activating group) is 1. The first-order chi connectivity index (χ1) is 8.70. The van der Waals surface area contributed by atoms with Crippen LogP contribution in [0.1, 0.15) is 36.9 Å². The summed E-state index contributed by atoms with van der Waals surface area (Å²) in [4.78, 5) is 0. The molecule has 1 atom stereocenters. The minimum Gasteiger partial charge on any atom is -0.496 e. The lowest BCUT2D eigenvalue weighted by molar-refractivity contribution is 0.168. The molecule has 3 heteroatoms. The van der Waals surface area contributed by atoms with Crippen LogP contribution in [0.15, 0.2) is 30.0 Å². The zero-order valence-electron chi connectivity index (χ0n) is 11.0. The SMILES string of the molecule is CCNC(C1=CCCCO1)c1cc(C)cc(Cl)c1. The first-order valence-electron chi connectivity index (χ1n) is 6.54. The van der Waals surface area contributed by atoms with Crippen molar-refractivity contribution in [3.05, 3.63) is 46.2 Å². The maximum Gasteiger partial charge on any atom is 0.113 e. The number of hydrogen-bond acceptors (Lipinski definition) is 2. The van der Waals surface area contributed by atoms with Crippen LogP contribution in [0.25, 0.3) is 0 Å². The molecule has 18 heavy (non-hydrogen) atoms. The second-order valence-corrected chi connectivity index (χ2v) is 5.09. The summed E-state index contributed by atoms with van der Waals surface area (Å²) in [6.07, 6.45) is 4.39. The molecule has 2 nitrogen and oxygen atoms in total. The Labute approximate surface area is 114 Å². The Hall–Kier alpha value is -0.990. The van der Waals surface area contributed by atoms with Gasteiger partial charge in [0, 0.05) is 5.02 Å². The van der Waals surface area contributed by atoms with Crippen LogP contribution in [0.5, 0.6) is 0 Å². The average Bonchev–Trinajstić information content (AvgIpc) is 2.36. The molecule has 1 unspecified atom stereocenters. The molecule has 98 valence electrons. The predicted molar refractivity (Wildman–Crippen MR) is 75.9 cm³/mol. The number of allylic oxidation sites excluding steroid dienone is 1. The Bertz CT molecular complexity index is 422. The molecule has 0 fully saturated rings. The van der Waals surface area contributed by atoms with Gasteiger partial charge in [-0.2, -0.15) is 0 Å². The van der Waals surface area contributed by atoms with E-state index in [0.29, 0.717) is 0 Å². The molecule has 0 saturated carbocycles. The maximum absolute atomic E-state index is 6.15. The van der Waals surface area contributed by atoms with Gasteiger partial charge >= 0.3 is 0 Å². The molecule has 0 aliphatic carbocycles. The molecule has 0 spiro atoms. The molecule has 1 N–H and O–H groups in total. The Morgan fingerprint density at radius 2 is 2.22 bits per heavy atom. The summed E-state index contributed by atoms with van der Waals surface area (Å²) in [5.41, 5.74) is 2.35. The summed E-state index contributed by atoms with van der Waals surface area (Å²) in [5.74, 6) is 1.03. The van der Waals surface area contributed by atoms with Gasteiger partial charge in [0.15, 0.2) is 0 Å². The minimum absolute atomic E-state index is 0.118. The summed E-state index contributed by atoms with van der Waals surface area (Å²) in [6.45, 7) is 5.88. The summed E-state index contributed by atoms with van der Waals surface area (Å²) >= 11 is 6.15. The lowest BCUT2D eigenvalue weighted by Gasteiger charge is -2.25. The molecule has 1 aromatic rings. The van der Waals surface area contributed by atoms with E-state index in [9.17, 15) is 0 Å². The highest BCUT2D eigenvalue weighted by Crippen LogP contribution is 2.28. The zero-order valence-corrected chi connectivity index (χ0v) is 11.8. The average molecular weight is 266 g/mol. The highest BCUT2D eigenvalue weighted by molar-refractivity contribution is 6.30. The molecular weight excluding hydrogens is 246 g/mol. The van der Waals surface area contributed by atoms with Crippen LogP contribution in [0.3, 0.4) is 0 Å². The maximum atomic E-state index is 6.15. The van der Waals surface area contributed by atoms with E-state index in [2.05, 4.69) is 31.3 Å². The van der Waals surface area contributed by atoms with E-state index < -0.39 is 0 Å². The van der Waals surface area contributed by atoms with E-state index in [1.165, 1.54) is 11.1 Å². The van der Waals surface area contributed by atoms with Crippen molar-refractivity contribution in [3.8, 4) is 0 Å². The molecule has 2 rings (SSSR count). The van der Waals surface area contributed by atoms with E-state index in [-0.39, 0.29) is 6.04 Å². The summed E-state index contributed by atoms with van der Waals surface area (Å²) in [6, 6.07) is 6.27. The lowest BCUT2D eigenvalue weighted by atomic mass is 10.0. The van der Waals surface area contributed by atoms with Crippen LogP contribution < -0.4 is 5.32 Å². The molecular formula is C15H20ClNO. The summed E-state index contributed by atoms with van der Waals surface area (Å²) in [5, 5.41) is 4.25. The minimum atomic E-state index is 0.118. The fourth-order valence-electron chi connectivity index (χ4n) is 2.30. The third kappa shape index (κ3) is 3.27. The van der Waals surface area contributed by atoms with Gasteiger partial charge in [-0.1, -0.05) is 24.6 Å². The van der Waals surface area contributed by atoms with Crippen LogP contribution in [-0.2, 0) is 4.74 Å². The standard InChI is InChI=1S/C15H20ClNO/c1-3-17-15(14-6-4-5-7-18-14)12-8-11(2)9-13(16)10-12/h6,8-10,15,17H,3-5,7H2,1-2H3. The fraction of sp³-hybridized carbons (Fsp3) is 0.467. The van der Waals surface area contributed by atoms with E-state index in [0.717, 1.165) is 36.8 Å². The molecule has 1 aliphatic rings. The molecule has 1 aliphatic heterocycles. The molecule has 0 aromatic heterocycles. The number of hydrogen-bond donors (Lipinski definition) is 1. The Kier molecular flexibility index (Phi) is 4.67. The van der Waals surface area contributed by atoms with Gasteiger partial charge in [-0.05, 0) is 55.6 Å². The molecule has 1 aromatic carbocycles. The molecule has 1 heterocycles. The van der Waals surface area contributed by atoms with E-state index >= 15 is 0 Å². The highest BCUT2D eigenvalue weighted by Gasteiger charge is 2.19. The third-order valence-electron chi connectivity index (χ3n) is 3.05. The van der Waals surface area contributed by atoms with Gasteiger partial charge in [-0.25, -0.2) is 0 Å². The van der Waals surface area contributed by atoms with Crippen molar-refractivity contribution in [1.82, 2.24) is 5.32 Å². The van der Waals surface area contributed by atoms with Crippen LogP contribution in [0.2, 0.25) is 5.02 Å². The van der Waals surface area contributed by atoms with Crippen LogP contribution in [0, 0.1) is 6.92 Å². The van der Waals surface area contributed by atoms with Gasteiger partial charge in [0.25, 0.3) is 0 Å². The van der Waals surface area contributed by atoms with Gasteiger partial charge in [0.05, 0.1) is 12.6 Å². The van der Waals surface area contributed by atoms with Gasteiger partial charge in [-0.3, -0.25) is 0 Å². The van der Waals surface area contributed by atoms with Gasteiger partial charge in [0.2, 0.25) is 0 Å². The highest BCUT2D eigenvalue weighted by atomic mass is 35.5. The van der Waals surface area contributed by atoms with Gasteiger partial charge in [0.1, 0.15) is 5.76 Å². The second kappa shape index (κ2) is 6.26. The molecule has 0 amide bonds. The number of nitrogens with one attached hydrogen (secondary N) is 1. The van der Waals surface area contributed by atoms with Crippen molar-refractivity contribution < 1.29 is 4.74 Å². The number of ether oxygens (including phenoxy) is 1. The lowest BCUT2D eigenvalue weighted by Crippen LogP contribution is -2.25. The second-order valence-electron chi connectivity index (χ2n) is 4.65. The molecule has 0 radical (unpaired) electrons. The van der Waals surface area contributed by atoms with Crippen LogP contribution in [-0.4, -0.2) is 13.2 Å². The topological polar surface area (TPSA) is 21.3 Å². The van der Waals surface area contributed by atoms with Crippen LogP contribution >= 0.6 is 11.6 Å². The Morgan fingerprint density at radius 3 is 2.83 bits per heavy atom. The van der Waals surface area contributed by atoms with Crippen molar-refractivity contribution in [2.75, 3.05) is 13.2 Å². The normalized spacial score (nSPS) is 16.9. The predicted octanol–water partition coefficient (Wildman–Crippen LogP) is 3.99. The van der Waals surface area contributed by atoms with E-state index in [1.807, 2.05) is 12.1 Å². The van der Waals surface area contributed by atoms with Crippen LogP contribution in [0.4, 0.5) is 0 Å². The van der Waals surface area contributed by atoms with Crippen molar-refractivity contribution in [2.45, 2.75) is 32.7 Å². The summed E-state index contributed by atoms with van der Waals surface area (Å²) in [7, 11) is 0. The number of rotatable bonds is 4. The number of halogens is 1. The van der Waals surface area contributed by atoms with Crippen molar-refractivity contribution in [1.29, 1.82) is 0 Å². The quantitative estimate of drug-likeness (QED) is 0.889. The van der Waals surface area contributed by atoms with E-state index in [1.54, 1.807) is 0 Å².